The Morgan fingerprint density at radius 2 is 1.01 bits per heavy atom. The number of nitrogens with zero attached hydrogens (tertiary/aromatic N) is 7. The van der Waals surface area contributed by atoms with Crippen molar-refractivity contribution in [1.29, 1.82) is 0 Å². The summed E-state index contributed by atoms with van der Waals surface area (Å²) in [5, 5.41) is 8.84. The maximum Gasteiger partial charge on any atom is 0.268 e. The van der Waals surface area contributed by atoms with E-state index in [1.54, 1.807) is 72.9 Å². The highest BCUT2D eigenvalue weighted by atomic mass is 35.5. The average Bonchev–Trinajstić information content (AvgIpc) is 4.23. The molecule has 0 radical (unpaired) electrons. The third kappa shape index (κ3) is 10.4. The lowest BCUT2D eigenvalue weighted by atomic mass is 10.1. The standard InChI is InChI=1S/C28H25ClN6O4S2.C22H21ClN6O2S.CH4/c29-25-16-31-28(32-20-14-15-34(17-20)40(36,37)22-12-10-19(30)11-13-22)33-27(25)24-18-35(26-9-5-4-8-23(24)26)41(38,39)21-6-2-1-3-7-21;23-19-12-26-22(28-21(19)18-11-25-20-4-2-1-3-17(18)20)27-15-9-10-29(13-15)32(30,31)16-7-5-14(24)6-8-16;/h1-13,16,18,20H,14-15,17,30H2,(H,31,32,33);1-8,11-12,15,25H,9-10,13,24H2,(H,26,27,28);1H4/t20-;15-;/m11./s1. The topological polar surface area (TPSA) is 257 Å². The number of nitrogen functional groups attached to an aromatic ring is 2. The molecule has 2 saturated heterocycles. The predicted molar refractivity (Wildman–Crippen MR) is 291 cm³/mol. The Balaban J connectivity index is 0.000000185. The van der Waals surface area contributed by atoms with Crippen molar-refractivity contribution in [3.8, 4) is 22.5 Å². The molecule has 0 amide bonds. The molecule has 18 nitrogen and oxygen atoms in total. The number of para-hydroxylation sites is 2. The van der Waals surface area contributed by atoms with Gasteiger partial charge in [0, 0.05) is 89.4 Å². The molecule has 2 fully saturated rings. The second kappa shape index (κ2) is 21.0. The molecular weight excluding hydrogens is 1040 g/mol. The number of aromatic amines is 1. The largest absolute Gasteiger partial charge is 0.399 e. The summed E-state index contributed by atoms with van der Waals surface area (Å²) in [5.41, 5.74) is 16.2. The first-order valence-corrected chi connectivity index (χ1v) is 27.9. The fourth-order valence-corrected chi connectivity index (χ4v) is 13.6. The summed E-state index contributed by atoms with van der Waals surface area (Å²) >= 11 is 12.9. The minimum absolute atomic E-state index is 0. The summed E-state index contributed by atoms with van der Waals surface area (Å²) in [6.07, 6.45) is 7.58. The minimum Gasteiger partial charge on any atom is -0.399 e. The Labute approximate surface area is 438 Å². The number of hydrogen-bond acceptors (Lipinski definition) is 14. The van der Waals surface area contributed by atoms with E-state index in [0.29, 0.717) is 82.7 Å². The van der Waals surface area contributed by atoms with Crippen molar-refractivity contribution in [3.63, 3.8) is 0 Å². The number of benzene rings is 5. The molecule has 382 valence electrons. The summed E-state index contributed by atoms with van der Waals surface area (Å²) in [4.78, 5) is 21.7. The number of halogens is 2. The zero-order valence-corrected chi connectivity index (χ0v) is 42.5. The molecule has 2 aliphatic heterocycles. The van der Waals surface area contributed by atoms with Gasteiger partial charge in [-0.25, -0.2) is 49.2 Å². The van der Waals surface area contributed by atoms with Crippen LogP contribution in [0.4, 0.5) is 23.3 Å². The molecule has 2 aliphatic rings. The van der Waals surface area contributed by atoms with Crippen LogP contribution in [0.3, 0.4) is 0 Å². The molecule has 0 aliphatic carbocycles. The van der Waals surface area contributed by atoms with Gasteiger partial charge in [-0.2, -0.15) is 8.61 Å². The van der Waals surface area contributed by atoms with Gasteiger partial charge in [0.2, 0.25) is 31.9 Å². The smallest absolute Gasteiger partial charge is 0.268 e. The summed E-state index contributed by atoms with van der Waals surface area (Å²) in [7, 11) is -11.2. The molecule has 7 N–H and O–H groups in total. The first-order chi connectivity index (χ1) is 35.1. The van der Waals surface area contributed by atoms with Gasteiger partial charge >= 0.3 is 0 Å². The fourth-order valence-electron chi connectivity index (χ4n) is 8.83. The van der Waals surface area contributed by atoms with E-state index in [2.05, 4.69) is 35.6 Å². The fraction of sp³-hybridized carbons (Fsp3) is 0.176. The predicted octanol–water partition coefficient (Wildman–Crippen LogP) is 8.82. The van der Waals surface area contributed by atoms with Crippen molar-refractivity contribution in [1.82, 2.24) is 37.5 Å². The number of anilines is 4. The molecule has 74 heavy (non-hydrogen) atoms. The van der Waals surface area contributed by atoms with Crippen molar-refractivity contribution in [3.05, 3.63) is 162 Å². The van der Waals surface area contributed by atoms with Gasteiger partial charge in [-0.1, -0.05) is 85.2 Å². The second-order valence-electron chi connectivity index (χ2n) is 17.3. The molecular formula is C51H50Cl2N12O6S3. The van der Waals surface area contributed by atoms with Crippen LogP contribution in [0.15, 0.2) is 167 Å². The van der Waals surface area contributed by atoms with E-state index in [9.17, 15) is 25.3 Å². The van der Waals surface area contributed by atoms with Crippen LogP contribution in [0.2, 0.25) is 10.0 Å². The van der Waals surface area contributed by atoms with Crippen LogP contribution in [-0.2, 0) is 30.1 Å². The van der Waals surface area contributed by atoms with Crippen LogP contribution in [-0.4, -0.2) is 101 Å². The minimum atomic E-state index is -3.89. The van der Waals surface area contributed by atoms with Gasteiger partial charge in [0.25, 0.3) is 10.0 Å². The lowest BCUT2D eigenvalue weighted by molar-refractivity contribution is 0.473. The maximum atomic E-state index is 13.5. The molecule has 6 heterocycles. The van der Waals surface area contributed by atoms with Gasteiger partial charge in [-0.05, 0) is 85.6 Å². The summed E-state index contributed by atoms with van der Waals surface area (Å²) in [6, 6.07) is 35.2. The lowest BCUT2D eigenvalue weighted by Crippen LogP contribution is -2.32. The summed E-state index contributed by atoms with van der Waals surface area (Å²) < 4.78 is 83.2. The maximum absolute atomic E-state index is 13.5. The molecule has 23 heteroatoms. The summed E-state index contributed by atoms with van der Waals surface area (Å²) in [6.45, 7) is 1.28. The van der Waals surface area contributed by atoms with Gasteiger partial charge in [-0.15, -0.1) is 0 Å². The molecule has 0 unspecified atom stereocenters. The van der Waals surface area contributed by atoms with E-state index in [1.165, 1.54) is 49.2 Å². The van der Waals surface area contributed by atoms with E-state index in [-0.39, 0.29) is 51.7 Å². The Morgan fingerprint density at radius 3 is 1.55 bits per heavy atom. The number of aromatic nitrogens is 6. The third-order valence-corrected chi connectivity index (χ3v) is 18.6. The first-order valence-electron chi connectivity index (χ1n) is 22.8. The zero-order chi connectivity index (χ0) is 51.1. The summed E-state index contributed by atoms with van der Waals surface area (Å²) in [5.74, 6) is 0.662. The Bertz CT molecular complexity index is 3850. The van der Waals surface area contributed by atoms with Crippen molar-refractivity contribution in [2.75, 3.05) is 48.3 Å². The highest BCUT2D eigenvalue weighted by Crippen LogP contribution is 2.37. The molecule has 4 aromatic heterocycles. The monoisotopic (exact) mass is 1090 g/mol. The molecule has 5 aromatic carbocycles. The van der Waals surface area contributed by atoms with Gasteiger partial charge in [0.1, 0.15) is 0 Å². The Hall–Kier alpha value is -7.11. The SMILES string of the molecule is C.Nc1ccc(S(=O)(=O)N2CC[C@@H](Nc3ncc(Cl)c(-c4c[nH]c5ccccc45)n3)C2)cc1.Nc1ccc(S(=O)(=O)N2CC[C@@H](Nc3ncc(Cl)c(-c4cn(S(=O)(=O)c5ccccc5)c5ccccc45)n3)C2)cc1. The van der Waals surface area contributed by atoms with Crippen molar-refractivity contribution < 1.29 is 25.3 Å². The number of sulfonamides is 2. The van der Waals surface area contributed by atoms with E-state index < -0.39 is 30.1 Å². The molecule has 0 bridgehead atoms. The first kappa shape index (κ1) is 51.8. The van der Waals surface area contributed by atoms with Gasteiger partial charge in [-0.3, -0.25) is 0 Å². The number of nitrogens with one attached hydrogen (secondary N) is 3. The lowest BCUT2D eigenvalue weighted by Gasteiger charge is -2.17. The number of hydrogen-bond donors (Lipinski definition) is 5. The third-order valence-electron chi connectivity index (χ3n) is 12.6. The van der Waals surface area contributed by atoms with Crippen LogP contribution >= 0.6 is 23.2 Å². The quantitative estimate of drug-likeness (QED) is 0.0717. The van der Waals surface area contributed by atoms with Crippen LogP contribution < -0.4 is 22.1 Å². The molecule has 0 saturated carbocycles. The second-order valence-corrected chi connectivity index (χ2v) is 23.8. The van der Waals surface area contributed by atoms with Crippen LogP contribution in [0.1, 0.15) is 20.3 Å². The number of rotatable bonds is 12. The number of H-pyrrole nitrogens is 1. The molecule has 11 rings (SSSR count). The molecule has 9 aromatic rings. The highest BCUT2D eigenvalue weighted by molar-refractivity contribution is 7.90. The number of nitrogens with two attached hydrogens (primary N) is 2. The van der Waals surface area contributed by atoms with Crippen molar-refractivity contribution in [2.45, 2.75) is 47.0 Å². The molecule has 2 atom stereocenters. The van der Waals surface area contributed by atoms with Gasteiger partial charge < -0.3 is 27.1 Å². The van der Waals surface area contributed by atoms with Crippen LogP contribution in [0.5, 0.6) is 0 Å². The van der Waals surface area contributed by atoms with E-state index in [0.717, 1.165) is 16.5 Å². The van der Waals surface area contributed by atoms with Crippen molar-refractivity contribution in [2.24, 2.45) is 0 Å². The van der Waals surface area contributed by atoms with Crippen LogP contribution in [0.25, 0.3) is 44.3 Å². The van der Waals surface area contributed by atoms with E-state index in [1.807, 2.05) is 42.6 Å². The average molecular weight is 1090 g/mol. The van der Waals surface area contributed by atoms with Gasteiger partial charge in [0.15, 0.2) is 0 Å². The Morgan fingerprint density at radius 1 is 0.554 bits per heavy atom. The zero-order valence-electron chi connectivity index (χ0n) is 38.5. The van der Waals surface area contributed by atoms with Gasteiger partial charge in [0.05, 0.1) is 54.0 Å². The van der Waals surface area contributed by atoms with Crippen molar-refractivity contribution >= 4 is 98.3 Å². The Kier molecular flexibility index (Phi) is 14.7. The number of fused-ring (bicyclic) bond motifs is 2. The normalized spacial score (nSPS) is 16.4. The van der Waals surface area contributed by atoms with Crippen LogP contribution in [0, 0.1) is 0 Å². The molecule has 0 spiro atoms. The highest BCUT2D eigenvalue weighted by Gasteiger charge is 2.35. The van der Waals surface area contributed by atoms with E-state index in [4.69, 9.17) is 34.7 Å². The van der Waals surface area contributed by atoms with E-state index >= 15 is 0 Å².